The Morgan fingerprint density at radius 1 is 1.33 bits per heavy atom. The van der Waals surface area contributed by atoms with Crippen molar-refractivity contribution < 1.29 is 14.7 Å². The van der Waals surface area contributed by atoms with E-state index in [0.29, 0.717) is 17.3 Å². The molecule has 1 amide bonds. The zero-order valence-electron chi connectivity index (χ0n) is 12.1. The number of carbonyl (C=O) groups excluding carboxylic acids is 1. The largest absolute Gasteiger partial charge is 0.481 e. The molecule has 2 rings (SSSR count). The van der Waals surface area contributed by atoms with Crippen LogP contribution in [0.4, 0.5) is 0 Å². The van der Waals surface area contributed by atoms with Crippen LogP contribution in [0.25, 0.3) is 9.40 Å². The Morgan fingerprint density at radius 3 is 2.71 bits per heavy atom. The summed E-state index contributed by atoms with van der Waals surface area (Å²) in [7, 11) is 0. The topological polar surface area (TPSA) is 66.4 Å². The summed E-state index contributed by atoms with van der Waals surface area (Å²) in [6.07, 6.45) is 0.893. The third kappa shape index (κ3) is 4.54. The standard InChI is InChI=1S/C15H19NO3S2/c1-9(2)5-10(6-14(17)18)8-16-15(19)13-7-12-11(21-13)3-4-20-12/h3-4,7,9-10H,5-6,8H2,1-2H3,(H,16,19)(H,17,18). The number of carboxylic acids is 1. The van der Waals surface area contributed by atoms with Crippen LogP contribution in [0.2, 0.25) is 0 Å². The third-order valence-electron chi connectivity index (χ3n) is 3.18. The van der Waals surface area contributed by atoms with Gasteiger partial charge in [-0.2, -0.15) is 0 Å². The fourth-order valence-corrected chi connectivity index (χ4v) is 4.38. The van der Waals surface area contributed by atoms with Gasteiger partial charge in [0.15, 0.2) is 0 Å². The molecular weight excluding hydrogens is 306 g/mol. The van der Waals surface area contributed by atoms with Gasteiger partial charge in [-0.25, -0.2) is 0 Å². The average Bonchev–Trinajstić information content (AvgIpc) is 2.94. The zero-order chi connectivity index (χ0) is 15.4. The van der Waals surface area contributed by atoms with Crippen LogP contribution in [0.15, 0.2) is 17.5 Å². The second-order valence-corrected chi connectivity index (χ2v) is 7.59. The lowest BCUT2D eigenvalue weighted by Crippen LogP contribution is -2.30. The van der Waals surface area contributed by atoms with E-state index < -0.39 is 5.97 Å². The monoisotopic (exact) mass is 325 g/mol. The maximum atomic E-state index is 12.1. The van der Waals surface area contributed by atoms with Crippen LogP contribution in [0, 0.1) is 11.8 Å². The number of rotatable bonds is 7. The van der Waals surface area contributed by atoms with Gasteiger partial charge in [-0.1, -0.05) is 13.8 Å². The predicted molar refractivity (Wildman–Crippen MR) is 87.2 cm³/mol. The summed E-state index contributed by atoms with van der Waals surface area (Å²) >= 11 is 3.09. The normalized spacial score (nSPS) is 12.7. The summed E-state index contributed by atoms with van der Waals surface area (Å²) in [4.78, 5) is 23.7. The number of carboxylic acid groups (broad SMARTS) is 1. The number of hydrogen-bond donors (Lipinski definition) is 2. The second kappa shape index (κ2) is 7.04. The van der Waals surface area contributed by atoms with Crippen molar-refractivity contribution in [2.75, 3.05) is 6.54 Å². The maximum Gasteiger partial charge on any atom is 0.303 e. The van der Waals surface area contributed by atoms with E-state index in [0.717, 1.165) is 15.8 Å². The summed E-state index contributed by atoms with van der Waals surface area (Å²) in [5.41, 5.74) is 0. The van der Waals surface area contributed by atoms with Crippen molar-refractivity contribution in [2.24, 2.45) is 11.8 Å². The number of carbonyl (C=O) groups is 2. The van der Waals surface area contributed by atoms with Gasteiger partial charge in [0.25, 0.3) is 5.91 Å². The summed E-state index contributed by atoms with van der Waals surface area (Å²) in [5.74, 6) is -0.528. The first kappa shape index (κ1) is 16.0. The first-order valence-corrected chi connectivity index (χ1v) is 8.62. The molecule has 0 fully saturated rings. The molecule has 0 aliphatic heterocycles. The smallest absolute Gasteiger partial charge is 0.303 e. The lowest BCUT2D eigenvalue weighted by Gasteiger charge is -2.17. The van der Waals surface area contributed by atoms with Gasteiger partial charge < -0.3 is 10.4 Å². The Morgan fingerprint density at radius 2 is 2.10 bits per heavy atom. The molecule has 6 heteroatoms. The van der Waals surface area contributed by atoms with Crippen LogP contribution in [-0.2, 0) is 4.79 Å². The SMILES string of the molecule is CC(C)CC(CNC(=O)c1cc2sccc2s1)CC(=O)O. The Hall–Kier alpha value is -1.40. The molecule has 21 heavy (non-hydrogen) atoms. The van der Waals surface area contributed by atoms with E-state index >= 15 is 0 Å². The molecule has 0 aromatic carbocycles. The molecule has 2 aromatic rings. The Balaban J connectivity index is 1.94. The van der Waals surface area contributed by atoms with Crippen LogP contribution in [-0.4, -0.2) is 23.5 Å². The lowest BCUT2D eigenvalue weighted by molar-refractivity contribution is -0.138. The molecule has 114 valence electrons. The number of amides is 1. The van der Waals surface area contributed by atoms with E-state index in [9.17, 15) is 9.59 Å². The fraction of sp³-hybridized carbons (Fsp3) is 0.467. The van der Waals surface area contributed by atoms with Gasteiger partial charge >= 0.3 is 5.97 Å². The van der Waals surface area contributed by atoms with E-state index in [4.69, 9.17) is 5.11 Å². The van der Waals surface area contributed by atoms with Crippen LogP contribution >= 0.6 is 22.7 Å². The molecule has 0 saturated carbocycles. The van der Waals surface area contributed by atoms with Crippen molar-refractivity contribution >= 4 is 43.9 Å². The molecule has 1 atom stereocenters. The summed E-state index contributed by atoms with van der Waals surface area (Å²) in [5, 5.41) is 13.8. The number of thiophene rings is 2. The van der Waals surface area contributed by atoms with E-state index in [2.05, 4.69) is 19.2 Å². The molecule has 1 unspecified atom stereocenters. The first-order valence-electron chi connectivity index (χ1n) is 6.92. The Kier molecular flexibility index (Phi) is 5.36. The van der Waals surface area contributed by atoms with Gasteiger partial charge in [0, 0.05) is 22.4 Å². The van der Waals surface area contributed by atoms with Gasteiger partial charge in [0.2, 0.25) is 0 Å². The van der Waals surface area contributed by atoms with Crippen molar-refractivity contribution in [3.63, 3.8) is 0 Å². The predicted octanol–water partition coefficient (Wildman–Crippen LogP) is 3.83. The highest BCUT2D eigenvalue weighted by atomic mass is 32.1. The van der Waals surface area contributed by atoms with E-state index in [1.54, 1.807) is 11.3 Å². The highest BCUT2D eigenvalue weighted by molar-refractivity contribution is 7.27. The number of aliphatic carboxylic acids is 1. The van der Waals surface area contributed by atoms with Crippen molar-refractivity contribution in [1.82, 2.24) is 5.32 Å². The van der Waals surface area contributed by atoms with E-state index in [1.165, 1.54) is 11.3 Å². The van der Waals surface area contributed by atoms with E-state index in [1.807, 2.05) is 17.5 Å². The van der Waals surface area contributed by atoms with Crippen LogP contribution < -0.4 is 5.32 Å². The van der Waals surface area contributed by atoms with Crippen LogP contribution in [0.1, 0.15) is 36.4 Å². The molecule has 0 saturated heterocycles. The molecule has 4 nitrogen and oxygen atoms in total. The number of nitrogens with one attached hydrogen (secondary N) is 1. The van der Waals surface area contributed by atoms with Crippen molar-refractivity contribution in [3.8, 4) is 0 Å². The second-order valence-electron chi connectivity index (χ2n) is 5.56. The summed E-state index contributed by atoms with van der Waals surface area (Å²) in [6, 6.07) is 3.90. The maximum absolute atomic E-state index is 12.1. The molecular formula is C15H19NO3S2. The summed E-state index contributed by atoms with van der Waals surface area (Å²) in [6.45, 7) is 4.53. The Labute approximate surface area is 131 Å². The Bertz CT molecular complexity index is 601. The molecule has 2 N–H and O–H groups in total. The molecule has 0 spiro atoms. The average molecular weight is 325 g/mol. The summed E-state index contributed by atoms with van der Waals surface area (Å²) < 4.78 is 2.24. The molecule has 2 heterocycles. The van der Waals surface area contributed by atoms with Gasteiger partial charge in [-0.15, -0.1) is 22.7 Å². The van der Waals surface area contributed by atoms with Crippen molar-refractivity contribution in [3.05, 3.63) is 22.4 Å². The van der Waals surface area contributed by atoms with Gasteiger partial charge in [-0.05, 0) is 35.8 Å². The minimum absolute atomic E-state index is 0.0208. The van der Waals surface area contributed by atoms with Crippen LogP contribution in [0.5, 0.6) is 0 Å². The number of hydrogen-bond acceptors (Lipinski definition) is 4. The number of fused-ring (bicyclic) bond motifs is 1. The minimum atomic E-state index is -0.813. The highest BCUT2D eigenvalue weighted by Crippen LogP contribution is 2.29. The van der Waals surface area contributed by atoms with Crippen molar-refractivity contribution in [2.45, 2.75) is 26.7 Å². The van der Waals surface area contributed by atoms with E-state index in [-0.39, 0.29) is 18.2 Å². The third-order valence-corrected chi connectivity index (χ3v) is 5.27. The molecule has 0 radical (unpaired) electrons. The van der Waals surface area contributed by atoms with Crippen LogP contribution in [0.3, 0.4) is 0 Å². The van der Waals surface area contributed by atoms with Gasteiger partial charge in [0.1, 0.15) is 0 Å². The molecule has 0 aliphatic carbocycles. The van der Waals surface area contributed by atoms with Crippen molar-refractivity contribution in [1.29, 1.82) is 0 Å². The minimum Gasteiger partial charge on any atom is -0.481 e. The molecule has 2 aromatic heterocycles. The molecule has 0 bridgehead atoms. The fourth-order valence-electron chi connectivity index (χ4n) is 2.35. The van der Waals surface area contributed by atoms with Gasteiger partial charge in [-0.3, -0.25) is 9.59 Å². The van der Waals surface area contributed by atoms with Gasteiger partial charge in [0.05, 0.1) is 4.88 Å². The first-order chi connectivity index (χ1) is 9.95. The highest BCUT2D eigenvalue weighted by Gasteiger charge is 2.17. The zero-order valence-corrected chi connectivity index (χ0v) is 13.7. The quantitative estimate of drug-likeness (QED) is 0.813. The molecule has 0 aliphatic rings. The lowest BCUT2D eigenvalue weighted by atomic mass is 9.94.